The lowest BCUT2D eigenvalue weighted by Crippen LogP contribution is -2.46. The molecule has 30 heavy (non-hydrogen) atoms. The molecule has 0 aliphatic rings. The first-order valence-electron chi connectivity index (χ1n) is 9.07. The Morgan fingerprint density at radius 3 is 2.40 bits per heavy atom. The largest absolute Gasteiger partial charge is 0.383 e. The number of methoxy groups -OCH3 is 1. The minimum absolute atomic E-state index is 0.200. The van der Waals surface area contributed by atoms with Gasteiger partial charge in [-0.25, -0.2) is 12.8 Å². The van der Waals surface area contributed by atoms with Crippen molar-refractivity contribution in [2.45, 2.75) is 13.0 Å². The predicted molar refractivity (Wildman–Crippen MR) is 112 cm³/mol. The van der Waals surface area contributed by atoms with Gasteiger partial charge in [-0.15, -0.1) is 0 Å². The van der Waals surface area contributed by atoms with Gasteiger partial charge in [-0.2, -0.15) is 0 Å². The van der Waals surface area contributed by atoms with Crippen LogP contribution in [0.2, 0.25) is 0 Å². The molecule has 2 rings (SSSR count). The van der Waals surface area contributed by atoms with E-state index in [0.717, 1.165) is 12.3 Å². The van der Waals surface area contributed by atoms with Crippen LogP contribution >= 0.6 is 0 Å². The van der Waals surface area contributed by atoms with Gasteiger partial charge in [0, 0.05) is 13.7 Å². The highest BCUT2D eigenvalue weighted by Crippen LogP contribution is 2.25. The van der Waals surface area contributed by atoms with Gasteiger partial charge in [0.2, 0.25) is 15.9 Å². The molecule has 2 aromatic rings. The molecule has 0 spiro atoms. The number of anilines is 2. The Hall–Kier alpha value is -2.98. The summed E-state index contributed by atoms with van der Waals surface area (Å²) >= 11 is 0. The summed E-state index contributed by atoms with van der Waals surface area (Å²) in [6.07, 6.45) is 0.889. The molecule has 0 fully saturated rings. The maximum Gasteiger partial charge on any atom is 0.253 e. The number of hydrogen-bond donors (Lipinski definition) is 2. The predicted octanol–water partition coefficient (Wildman–Crippen LogP) is 2.00. The van der Waals surface area contributed by atoms with Crippen molar-refractivity contribution in [1.29, 1.82) is 0 Å². The summed E-state index contributed by atoms with van der Waals surface area (Å²) in [5, 5.41) is 5.22. The van der Waals surface area contributed by atoms with Crippen molar-refractivity contribution < 1.29 is 27.1 Å². The Labute approximate surface area is 175 Å². The minimum Gasteiger partial charge on any atom is -0.383 e. The van der Waals surface area contributed by atoms with Crippen LogP contribution in [0.4, 0.5) is 15.8 Å². The number of benzene rings is 2. The van der Waals surface area contributed by atoms with Crippen molar-refractivity contribution in [3.63, 3.8) is 0 Å². The van der Waals surface area contributed by atoms with Crippen LogP contribution in [0.25, 0.3) is 0 Å². The van der Waals surface area contributed by atoms with Crippen LogP contribution in [0.1, 0.15) is 17.3 Å². The number of para-hydroxylation sites is 2. The molecule has 0 bridgehead atoms. The van der Waals surface area contributed by atoms with Gasteiger partial charge in [0.05, 0.1) is 29.8 Å². The molecule has 0 heterocycles. The highest BCUT2D eigenvalue weighted by Gasteiger charge is 2.31. The molecule has 0 radical (unpaired) electrons. The highest BCUT2D eigenvalue weighted by atomic mass is 32.2. The van der Waals surface area contributed by atoms with Gasteiger partial charge in [0.1, 0.15) is 11.9 Å². The molecule has 10 heteroatoms. The van der Waals surface area contributed by atoms with Crippen molar-refractivity contribution >= 4 is 33.2 Å². The highest BCUT2D eigenvalue weighted by molar-refractivity contribution is 7.92. The molecule has 2 amide bonds. The summed E-state index contributed by atoms with van der Waals surface area (Å²) in [6, 6.07) is 10.3. The monoisotopic (exact) mass is 437 g/mol. The zero-order chi connectivity index (χ0) is 22.3. The number of sulfonamides is 1. The lowest BCUT2D eigenvalue weighted by molar-refractivity contribution is -0.116. The van der Waals surface area contributed by atoms with E-state index in [2.05, 4.69) is 10.6 Å². The van der Waals surface area contributed by atoms with Crippen molar-refractivity contribution in [1.82, 2.24) is 5.32 Å². The maximum absolute atomic E-state index is 14.2. The van der Waals surface area contributed by atoms with E-state index >= 15 is 0 Å². The SMILES string of the molecule is COCCNC(=O)c1ccccc1NC(=O)[C@@H](C)N(c1ccccc1F)S(C)(=O)=O. The minimum atomic E-state index is -3.98. The van der Waals surface area contributed by atoms with Crippen molar-refractivity contribution in [3.05, 3.63) is 59.9 Å². The van der Waals surface area contributed by atoms with Crippen LogP contribution in [0, 0.1) is 5.82 Å². The van der Waals surface area contributed by atoms with Crippen molar-refractivity contribution in [2.24, 2.45) is 0 Å². The smallest absolute Gasteiger partial charge is 0.253 e. The number of hydrogen-bond acceptors (Lipinski definition) is 5. The van der Waals surface area contributed by atoms with Crippen LogP contribution < -0.4 is 14.9 Å². The second-order valence-corrected chi connectivity index (χ2v) is 8.33. The van der Waals surface area contributed by atoms with Crippen LogP contribution in [0.15, 0.2) is 48.5 Å². The van der Waals surface area contributed by atoms with E-state index in [4.69, 9.17) is 4.74 Å². The molecule has 0 aliphatic carbocycles. The second kappa shape index (κ2) is 10.2. The van der Waals surface area contributed by atoms with Crippen LogP contribution in [0.5, 0.6) is 0 Å². The van der Waals surface area contributed by atoms with Crippen LogP contribution in [0.3, 0.4) is 0 Å². The number of carbonyl (C=O) groups excluding carboxylic acids is 2. The number of nitrogens with zero attached hydrogens (tertiary/aromatic N) is 1. The number of halogens is 1. The number of nitrogens with one attached hydrogen (secondary N) is 2. The van der Waals surface area contributed by atoms with Crippen LogP contribution in [-0.2, 0) is 19.6 Å². The normalized spacial score (nSPS) is 12.1. The maximum atomic E-state index is 14.2. The molecule has 1 atom stereocenters. The zero-order valence-corrected chi connectivity index (χ0v) is 17.7. The van der Waals surface area contributed by atoms with E-state index in [0.29, 0.717) is 10.9 Å². The standard InChI is InChI=1S/C20H24FN3O5S/c1-14(24(30(3,27)28)18-11-7-5-9-16(18)21)19(25)23-17-10-6-4-8-15(17)20(26)22-12-13-29-2/h4-11,14H,12-13H2,1-3H3,(H,22,26)(H,23,25)/t14-/m1/s1. The van der Waals surface area contributed by atoms with Gasteiger partial charge in [-0.3, -0.25) is 13.9 Å². The average Bonchev–Trinajstić information content (AvgIpc) is 2.69. The quantitative estimate of drug-likeness (QED) is 0.584. The molecule has 0 saturated carbocycles. The summed E-state index contributed by atoms with van der Waals surface area (Å²) in [4.78, 5) is 25.2. The zero-order valence-electron chi connectivity index (χ0n) is 16.9. The first kappa shape index (κ1) is 23.3. The molecule has 8 nitrogen and oxygen atoms in total. The fourth-order valence-corrected chi connectivity index (χ4v) is 3.98. The van der Waals surface area contributed by atoms with Gasteiger partial charge in [0.25, 0.3) is 5.91 Å². The van der Waals surface area contributed by atoms with E-state index in [1.165, 1.54) is 44.4 Å². The third kappa shape index (κ3) is 5.77. The van der Waals surface area contributed by atoms with E-state index in [-0.39, 0.29) is 23.5 Å². The van der Waals surface area contributed by atoms with E-state index in [9.17, 15) is 22.4 Å². The average molecular weight is 437 g/mol. The van der Waals surface area contributed by atoms with Gasteiger partial charge >= 0.3 is 0 Å². The number of carbonyl (C=O) groups is 2. The molecule has 162 valence electrons. The van der Waals surface area contributed by atoms with Gasteiger partial charge in [-0.1, -0.05) is 24.3 Å². The van der Waals surface area contributed by atoms with Crippen molar-refractivity contribution in [3.8, 4) is 0 Å². The Morgan fingerprint density at radius 1 is 1.13 bits per heavy atom. The third-order valence-corrected chi connectivity index (χ3v) is 5.43. The Balaban J connectivity index is 2.28. The van der Waals surface area contributed by atoms with Crippen molar-refractivity contribution in [2.75, 3.05) is 36.1 Å². The van der Waals surface area contributed by atoms with Gasteiger partial charge < -0.3 is 15.4 Å². The topological polar surface area (TPSA) is 105 Å². The third-order valence-electron chi connectivity index (χ3n) is 4.20. The molecule has 0 unspecified atom stereocenters. The molecule has 0 aromatic heterocycles. The van der Waals surface area contributed by atoms with E-state index in [1.54, 1.807) is 12.1 Å². The molecular weight excluding hydrogens is 413 g/mol. The van der Waals surface area contributed by atoms with E-state index < -0.39 is 33.7 Å². The molecular formula is C20H24FN3O5S. The van der Waals surface area contributed by atoms with E-state index in [1.807, 2.05) is 0 Å². The Bertz CT molecular complexity index is 1010. The van der Waals surface area contributed by atoms with Gasteiger partial charge in [0.15, 0.2) is 0 Å². The molecule has 0 aliphatic heterocycles. The lowest BCUT2D eigenvalue weighted by atomic mass is 10.1. The molecule has 2 aromatic carbocycles. The Kier molecular flexibility index (Phi) is 7.90. The number of rotatable bonds is 9. The summed E-state index contributed by atoms with van der Waals surface area (Å²) in [6.45, 7) is 1.94. The molecule has 2 N–H and O–H groups in total. The van der Waals surface area contributed by atoms with Crippen LogP contribution in [-0.4, -0.2) is 52.8 Å². The second-order valence-electron chi connectivity index (χ2n) is 6.47. The lowest BCUT2D eigenvalue weighted by Gasteiger charge is -2.28. The fourth-order valence-electron chi connectivity index (χ4n) is 2.80. The molecule has 0 saturated heterocycles. The summed E-state index contributed by atoms with van der Waals surface area (Å²) in [5.41, 5.74) is 0.158. The summed E-state index contributed by atoms with van der Waals surface area (Å²) in [5.74, 6) is -1.93. The van der Waals surface area contributed by atoms with Gasteiger partial charge in [-0.05, 0) is 31.2 Å². The first-order chi connectivity index (χ1) is 14.2. The summed E-state index contributed by atoms with van der Waals surface area (Å²) < 4.78 is 44.4. The first-order valence-corrected chi connectivity index (χ1v) is 10.9. The Morgan fingerprint density at radius 2 is 1.77 bits per heavy atom. The fraction of sp³-hybridized carbons (Fsp3) is 0.300. The number of ether oxygens (including phenoxy) is 1. The number of amides is 2. The summed E-state index contributed by atoms with van der Waals surface area (Å²) in [7, 11) is -2.47.